The molecule has 13 heavy (non-hydrogen) atoms. The SMILES string of the molecule is C[CH]CCC1CCC(C)CC1(C)C. The van der Waals surface area contributed by atoms with Gasteiger partial charge in [0.2, 0.25) is 0 Å². The highest BCUT2D eigenvalue weighted by molar-refractivity contribution is 4.85. The highest BCUT2D eigenvalue weighted by Crippen LogP contribution is 2.45. The summed E-state index contributed by atoms with van der Waals surface area (Å²) in [5.74, 6) is 1.93. The number of hydrogen-bond acceptors (Lipinski definition) is 0. The second-order valence-corrected chi connectivity index (χ2v) is 5.56. The van der Waals surface area contributed by atoms with Crippen LogP contribution in [0, 0.1) is 23.7 Å². The van der Waals surface area contributed by atoms with Crippen LogP contribution in [0.4, 0.5) is 0 Å². The second-order valence-electron chi connectivity index (χ2n) is 5.56. The van der Waals surface area contributed by atoms with Crippen molar-refractivity contribution in [3.8, 4) is 0 Å². The standard InChI is InChI=1S/C13H25/c1-5-6-7-12-9-8-11(2)10-13(12,3)4/h5,11-12H,6-10H2,1-4H3. The Bertz CT molecular complexity index is 144. The van der Waals surface area contributed by atoms with Gasteiger partial charge in [0.05, 0.1) is 0 Å². The van der Waals surface area contributed by atoms with E-state index in [0.717, 1.165) is 11.8 Å². The topological polar surface area (TPSA) is 0 Å². The van der Waals surface area contributed by atoms with Crippen LogP contribution < -0.4 is 0 Å². The van der Waals surface area contributed by atoms with E-state index in [1.165, 1.54) is 32.1 Å². The summed E-state index contributed by atoms with van der Waals surface area (Å²) in [6.07, 6.45) is 9.38. The highest BCUT2D eigenvalue weighted by atomic mass is 14.4. The van der Waals surface area contributed by atoms with E-state index in [1.54, 1.807) is 0 Å². The molecule has 2 atom stereocenters. The average molecular weight is 181 g/mol. The lowest BCUT2D eigenvalue weighted by molar-refractivity contribution is 0.0946. The van der Waals surface area contributed by atoms with Crippen LogP contribution in [-0.4, -0.2) is 0 Å². The van der Waals surface area contributed by atoms with E-state index in [2.05, 4.69) is 34.1 Å². The molecule has 0 amide bonds. The fourth-order valence-electron chi connectivity index (χ4n) is 2.95. The molecule has 0 heteroatoms. The van der Waals surface area contributed by atoms with Gasteiger partial charge in [0, 0.05) is 0 Å². The van der Waals surface area contributed by atoms with Crippen LogP contribution in [0.5, 0.6) is 0 Å². The minimum absolute atomic E-state index is 0.598. The molecule has 0 N–H and O–H groups in total. The van der Waals surface area contributed by atoms with Gasteiger partial charge in [0.25, 0.3) is 0 Å². The van der Waals surface area contributed by atoms with E-state index >= 15 is 0 Å². The summed E-state index contributed by atoms with van der Waals surface area (Å²) in [6.45, 7) is 9.51. The van der Waals surface area contributed by atoms with Gasteiger partial charge in [-0.05, 0) is 42.9 Å². The first-order valence-corrected chi connectivity index (χ1v) is 5.84. The molecule has 0 aliphatic heterocycles. The zero-order valence-electron chi connectivity index (χ0n) is 9.77. The van der Waals surface area contributed by atoms with E-state index in [0.29, 0.717) is 5.41 Å². The van der Waals surface area contributed by atoms with E-state index in [4.69, 9.17) is 0 Å². The van der Waals surface area contributed by atoms with Crippen LogP contribution in [0.25, 0.3) is 0 Å². The van der Waals surface area contributed by atoms with Crippen LogP contribution in [0.15, 0.2) is 0 Å². The molecule has 1 radical (unpaired) electrons. The molecule has 0 spiro atoms. The molecule has 2 unspecified atom stereocenters. The van der Waals surface area contributed by atoms with Gasteiger partial charge >= 0.3 is 0 Å². The van der Waals surface area contributed by atoms with Gasteiger partial charge in [-0.15, -0.1) is 0 Å². The Hall–Kier alpha value is 0. The smallest absolute Gasteiger partial charge is 0.0323 e. The summed E-state index contributed by atoms with van der Waals surface area (Å²) < 4.78 is 0. The maximum absolute atomic E-state index is 2.46. The third-order valence-electron chi connectivity index (χ3n) is 3.79. The number of rotatable bonds is 3. The van der Waals surface area contributed by atoms with Crippen molar-refractivity contribution in [3.05, 3.63) is 6.42 Å². The number of hydrogen-bond donors (Lipinski definition) is 0. The number of unbranched alkanes of at least 4 members (excludes halogenated alkanes) is 1. The molecule has 0 aromatic rings. The van der Waals surface area contributed by atoms with Crippen LogP contribution in [0.1, 0.15) is 59.8 Å². The van der Waals surface area contributed by atoms with Gasteiger partial charge in [-0.3, -0.25) is 0 Å². The van der Waals surface area contributed by atoms with Crippen molar-refractivity contribution in [2.24, 2.45) is 17.3 Å². The van der Waals surface area contributed by atoms with E-state index in [9.17, 15) is 0 Å². The quantitative estimate of drug-likeness (QED) is 0.603. The van der Waals surface area contributed by atoms with Gasteiger partial charge in [-0.2, -0.15) is 0 Å². The van der Waals surface area contributed by atoms with Crippen LogP contribution >= 0.6 is 0 Å². The molecule has 0 bridgehead atoms. The molecular formula is C13H25. The van der Waals surface area contributed by atoms with Crippen LogP contribution in [0.2, 0.25) is 0 Å². The molecule has 1 aliphatic rings. The van der Waals surface area contributed by atoms with Gasteiger partial charge in [-0.25, -0.2) is 0 Å². The molecule has 0 heterocycles. The van der Waals surface area contributed by atoms with Crippen molar-refractivity contribution in [3.63, 3.8) is 0 Å². The predicted octanol–water partition coefficient (Wildman–Crippen LogP) is 4.45. The molecule has 1 fully saturated rings. The van der Waals surface area contributed by atoms with Crippen molar-refractivity contribution >= 4 is 0 Å². The summed E-state index contributed by atoms with van der Waals surface area (Å²) in [5, 5.41) is 0. The molecule has 1 rings (SSSR count). The van der Waals surface area contributed by atoms with Crippen LogP contribution in [-0.2, 0) is 0 Å². The monoisotopic (exact) mass is 181 g/mol. The van der Waals surface area contributed by atoms with Crippen molar-refractivity contribution in [1.82, 2.24) is 0 Å². The molecule has 1 saturated carbocycles. The van der Waals surface area contributed by atoms with Gasteiger partial charge < -0.3 is 0 Å². The summed E-state index contributed by atoms with van der Waals surface area (Å²) in [4.78, 5) is 0. The van der Waals surface area contributed by atoms with Crippen molar-refractivity contribution in [2.45, 2.75) is 59.8 Å². The molecule has 1 aliphatic carbocycles. The normalized spacial score (nSPS) is 33.2. The Labute approximate surface area is 84.1 Å². The van der Waals surface area contributed by atoms with Gasteiger partial charge in [0.15, 0.2) is 0 Å². The van der Waals surface area contributed by atoms with E-state index < -0.39 is 0 Å². The molecule has 0 aromatic carbocycles. The lowest BCUT2D eigenvalue weighted by Gasteiger charge is -2.41. The lowest BCUT2D eigenvalue weighted by Crippen LogP contribution is -2.31. The highest BCUT2D eigenvalue weighted by Gasteiger charge is 2.34. The fourth-order valence-corrected chi connectivity index (χ4v) is 2.95. The lowest BCUT2D eigenvalue weighted by atomic mass is 9.64. The predicted molar refractivity (Wildman–Crippen MR) is 59.5 cm³/mol. The Balaban J connectivity index is 2.44. The van der Waals surface area contributed by atoms with Crippen molar-refractivity contribution in [1.29, 1.82) is 0 Å². The summed E-state index contributed by atoms with van der Waals surface area (Å²) >= 11 is 0. The first kappa shape index (κ1) is 11.1. The summed E-state index contributed by atoms with van der Waals surface area (Å²) in [7, 11) is 0. The fraction of sp³-hybridized carbons (Fsp3) is 0.923. The van der Waals surface area contributed by atoms with Crippen molar-refractivity contribution in [2.75, 3.05) is 0 Å². The van der Waals surface area contributed by atoms with Gasteiger partial charge in [0.1, 0.15) is 0 Å². The van der Waals surface area contributed by atoms with E-state index in [1.807, 2.05) is 0 Å². The summed E-state index contributed by atoms with van der Waals surface area (Å²) in [5.41, 5.74) is 0.598. The molecule has 0 saturated heterocycles. The Kier molecular flexibility index (Phi) is 3.82. The maximum atomic E-state index is 2.46. The van der Waals surface area contributed by atoms with E-state index in [-0.39, 0.29) is 0 Å². The zero-order chi connectivity index (χ0) is 9.90. The zero-order valence-corrected chi connectivity index (χ0v) is 9.77. The maximum Gasteiger partial charge on any atom is -0.0323 e. The minimum Gasteiger partial charge on any atom is -0.0625 e. The molecular weight excluding hydrogens is 156 g/mol. The first-order valence-electron chi connectivity index (χ1n) is 5.84. The molecule has 77 valence electrons. The van der Waals surface area contributed by atoms with Crippen LogP contribution in [0.3, 0.4) is 0 Å². The summed E-state index contributed by atoms with van der Waals surface area (Å²) in [6, 6.07) is 0. The third kappa shape index (κ3) is 3.00. The Morgan fingerprint density at radius 2 is 2.00 bits per heavy atom. The average Bonchev–Trinajstić information content (AvgIpc) is 2.01. The second kappa shape index (κ2) is 4.48. The first-order chi connectivity index (χ1) is 6.06. The molecule has 0 nitrogen and oxygen atoms in total. The Morgan fingerprint density at radius 1 is 1.31 bits per heavy atom. The minimum atomic E-state index is 0.598. The Morgan fingerprint density at radius 3 is 2.54 bits per heavy atom. The third-order valence-corrected chi connectivity index (χ3v) is 3.79. The van der Waals surface area contributed by atoms with Gasteiger partial charge in [-0.1, -0.05) is 40.5 Å². The van der Waals surface area contributed by atoms with Crippen molar-refractivity contribution < 1.29 is 0 Å². The largest absolute Gasteiger partial charge is 0.0625 e. The molecule has 0 aromatic heterocycles.